The van der Waals surface area contributed by atoms with Crippen LogP contribution in [0.5, 0.6) is 0 Å². The fourth-order valence-electron chi connectivity index (χ4n) is 2.78. The Morgan fingerprint density at radius 3 is 2.62 bits per heavy atom. The van der Waals surface area contributed by atoms with E-state index in [0.29, 0.717) is 17.9 Å². The van der Waals surface area contributed by atoms with Crippen LogP contribution in [0.15, 0.2) is 24.3 Å². The van der Waals surface area contributed by atoms with Gasteiger partial charge >= 0.3 is 18.0 Å². The maximum Gasteiger partial charge on any atom is 0.465 e. The molecule has 1 aromatic rings. The number of carbonyl (C=O) groups is 1. The number of alkyl halides is 3. The van der Waals surface area contributed by atoms with Crippen molar-refractivity contribution >= 4 is 23.3 Å². The first kappa shape index (κ1) is 14.5. The average Bonchev–Trinajstić information content (AvgIpc) is 2.96. The van der Waals surface area contributed by atoms with E-state index in [1.54, 1.807) is 0 Å². The van der Waals surface area contributed by atoms with E-state index in [1.807, 2.05) is 0 Å². The quantitative estimate of drug-likeness (QED) is 0.851. The largest absolute Gasteiger partial charge is 0.465 e. The lowest BCUT2D eigenvalue weighted by atomic mass is 10.2. The van der Waals surface area contributed by atoms with Crippen LogP contribution >= 0.6 is 11.6 Å². The number of hydrogen-bond acceptors (Lipinski definition) is 4. The predicted molar refractivity (Wildman–Crippen MR) is 69.7 cm³/mol. The van der Waals surface area contributed by atoms with Crippen molar-refractivity contribution in [1.82, 2.24) is 4.90 Å². The number of hydrogen-bond donors (Lipinski definition) is 1. The lowest BCUT2D eigenvalue weighted by Gasteiger charge is -2.37. The highest BCUT2D eigenvalue weighted by Crippen LogP contribution is 2.45. The Morgan fingerprint density at radius 2 is 2.00 bits per heavy atom. The van der Waals surface area contributed by atoms with Gasteiger partial charge in [0.1, 0.15) is 6.04 Å². The SMILES string of the molecule is O=C1O[C@@](Nc2ccc(Cl)cc2)(C(F)(F)F)N2CCC[C@H]12. The number of esters is 1. The molecule has 0 radical (unpaired) electrons. The summed E-state index contributed by atoms with van der Waals surface area (Å²) in [5, 5.41) is 2.73. The lowest BCUT2D eigenvalue weighted by molar-refractivity contribution is -0.286. The van der Waals surface area contributed by atoms with Crippen molar-refractivity contribution in [3.05, 3.63) is 29.3 Å². The summed E-state index contributed by atoms with van der Waals surface area (Å²) in [6.45, 7) is 0.149. The number of nitrogens with zero attached hydrogens (tertiary/aromatic N) is 1. The van der Waals surface area contributed by atoms with E-state index in [4.69, 9.17) is 16.3 Å². The highest BCUT2D eigenvalue weighted by atomic mass is 35.5. The smallest absolute Gasteiger partial charge is 0.414 e. The molecule has 0 bridgehead atoms. The minimum absolute atomic E-state index is 0.149. The molecular formula is C13H12ClF3N2O2. The van der Waals surface area contributed by atoms with E-state index in [2.05, 4.69) is 5.32 Å². The van der Waals surface area contributed by atoms with Gasteiger partial charge in [-0.15, -0.1) is 0 Å². The highest BCUT2D eigenvalue weighted by molar-refractivity contribution is 6.30. The van der Waals surface area contributed by atoms with Gasteiger partial charge in [0, 0.05) is 17.3 Å². The topological polar surface area (TPSA) is 41.6 Å². The van der Waals surface area contributed by atoms with E-state index >= 15 is 0 Å². The summed E-state index contributed by atoms with van der Waals surface area (Å²) in [7, 11) is 0. The van der Waals surface area contributed by atoms with Gasteiger partial charge in [-0.05, 0) is 37.1 Å². The number of halogens is 4. The number of cyclic esters (lactones) is 1. The first-order valence-corrected chi connectivity index (χ1v) is 6.81. The lowest BCUT2D eigenvalue weighted by Crippen LogP contribution is -2.62. The normalized spacial score (nSPS) is 29.3. The van der Waals surface area contributed by atoms with Gasteiger partial charge in [0.05, 0.1) is 0 Å². The zero-order valence-electron chi connectivity index (χ0n) is 10.8. The van der Waals surface area contributed by atoms with Gasteiger partial charge in [0.25, 0.3) is 0 Å². The van der Waals surface area contributed by atoms with Crippen LogP contribution < -0.4 is 5.32 Å². The zero-order chi connectivity index (χ0) is 15.3. The Morgan fingerprint density at radius 1 is 1.33 bits per heavy atom. The summed E-state index contributed by atoms with van der Waals surface area (Å²) in [4.78, 5) is 12.8. The summed E-state index contributed by atoms with van der Waals surface area (Å²) in [6.07, 6.45) is -3.86. The molecule has 2 saturated heterocycles. The van der Waals surface area contributed by atoms with Gasteiger partial charge < -0.3 is 10.1 Å². The first-order valence-electron chi connectivity index (χ1n) is 6.43. The Hall–Kier alpha value is -1.47. The van der Waals surface area contributed by atoms with Crippen molar-refractivity contribution < 1.29 is 22.7 Å². The minimum atomic E-state index is -4.76. The Kier molecular flexibility index (Phi) is 3.29. The maximum atomic E-state index is 13.6. The number of fused-ring (bicyclic) bond motifs is 1. The molecule has 0 aromatic heterocycles. The third kappa shape index (κ3) is 2.24. The molecule has 0 amide bonds. The molecule has 21 heavy (non-hydrogen) atoms. The van der Waals surface area contributed by atoms with E-state index in [0.717, 1.165) is 4.90 Å². The molecule has 2 aliphatic heterocycles. The second-order valence-corrected chi connectivity index (χ2v) is 5.48. The number of nitrogens with one attached hydrogen (secondary N) is 1. The van der Waals surface area contributed by atoms with Gasteiger partial charge in [0.2, 0.25) is 0 Å². The number of carbonyl (C=O) groups excluding carboxylic acids is 1. The number of rotatable bonds is 2. The molecule has 2 atom stereocenters. The average molecular weight is 321 g/mol. The van der Waals surface area contributed by atoms with Crippen molar-refractivity contribution in [2.75, 3.05) is 11.9 Å². The Labute approximate surface area is 123 Å². The molecule has 2 aliphatic rings. The number of anilines is 1. The monoisotopic (exact) mass is 320 g/mol. The molecule has 8 heteroatoms. The van der Waals surface area contributed by atoms with Crippen LogP contribution in [0.25, 0.3) is 0 Å². The molecule has 4 nitrogen and oxygen atoms in total. The van der Waals surface area contributed by atoms with Crippen molar-refractivity contribution in [1.29, 1.82) is 0 Å². The van der Waals surface area contributed by atoms with Crippen LogP contribution in [-0.4, -0.2) is 35.5 Å². The summed E-state index contributed by atoms with van der Waals surface area (Å²) < 4.78 is 45.5. The molecule has 2 fully saturated rings. The second kappa shape index (κ2) is 4.78. The summed E-state index contributed by atoms with van der Waals surface area (Å²) in [5.74, 6) is -3.65. The van der Waals surface area contributed by atoms with Crippen LogP contribution in [0, 0.1) is 0 Å². The van der Waals surface area contributed by atoms with Crippen LogP contribution in [0.2, 0.25) is 5.02 Å². The highest BCUT2D eigenvalue weighted by Gasteiger charge is 2.70. The number of ether oxygens (including phenoxy) is 1. The summed E-state index contributed by atoms with van der Waals surface area (Å²) in [5.41, 5.74) is 0.178. The number of benzene rings is 1. The molecule has 0 spiro atoms. The predicted octanol–water partition coefficient (Wildman–Crippen LogP) is 2.99. The Bertz CT molecular complexity index is 564. The van der Waals surface area contributed by atoms with E-state index in [9.17, 15) is 18.0 Å². The minimum Gasteiger partial charge on any atom is -0.414 e. The fourth-order valence-corrected chi connectivity index (χ4v) is 2.90. The van der Waals surface area contributed by atoms with E-state index in [1.165, 1.54) is 24.3 Å². The molecule has 114 valence electrons. The van der Waals surface area contributed by atoms with Crippen LogP contribution in [0.1, 0.15) is 12.8 Å². The van der Waals surface area contributed by atoms with Crippen LogP contribution in [-0.2, 0) is 9.53 Å². The van der Waals surface area contributed by atoms with Gasteiger partial charge in [-0.2, -0.15) is 13.2 Å². The van der Waals surface area contributed by atoms with Gasteiger partial charge in [-0.1, -0.05) is 11.6 Å². The van der Waals surface area contributed by atoms with Crippen molar-refractivity contribution in [3.8, 4) is 0 Å². The molecule has 0 unspecified atom stereocenters. The summed E-state index contributed by atoms with van der Waals surface area (Å²) in [6, 6.07) is 4.91. The second-order valence-electron chi connectivity index (χ2n) is 5.05. The Balaban J connectivity index is 1.98. The molecule has 1 aromatic carbocycles. The molecular weight excluding hydrogens is 309 g/mol. The fraction of sp³-hybridized carbons (Fsp3) is 0.462. The standard InChI is InChI=1S/C13H12ClF3N2O2/c14-8-3-5-9(6-4-8)18-13(12(15,16)17)19-7-1-2-10(19)11(20)21-13/h3-6,10,18H,1-2,7H2/t10-,13-/m1/s1. The van der Waals surface area contributed by atoms with Crippen molar-refractivity contribution in [3.63, 3.8) is 0 Å². The maximum absolute atomic E-state index is 13.6. The molecule has 2 heterocycles. The molecule has 3 rings (SSSR count). The van der Waals surface area contributed by atoms with E-state index in [-0.39, 0.29) is 12.2 Å². The van der Waals surface area contributed by atoms with Crippen molar-refractivity contribution in [2.24, 2.45) is 0 Å². The zero-order valence-corrected chi connectivity index (χ0v) is 11.5. The van der Waals surface area contributed by atoms with Crippen LogP contribution in [0.3, 0.4) is 0 Å². The van der Waals surface area contributed by atoms with Crippen molar-refractivity contribution in [2.45, 2.75) is 30.9 Å². The van der Waals surface area contributed by atoms with Gasteiger partial charge in [-0.3, -0.25) is 4.79 Å². The molecule has 0 aliphatic carbocycles. The third-order valence-electron chi connectivity index (χ3n) is 3.72. The van der Waals surface area contributed by atoms with Crippen LogP contribution in [0.4, 0.5) is 18.9 Å². The van der Waals surface area contributed by atoms with E-state index < -0.39 is 24.0 Å². The molecule has 0 saturated carbocycles. The summed E-state index contributed by atoms with van der Waals surface area (Å²) >= 11 is 5.72. The van der Waals surface area contributed by atoms with Gasteiger partial charge in [0.15, 0.2) is 0 Å². The van der Waals surface area contributed by atoms with Gasteiger partial charge in [-0.25, -0.2) is 4.90 Å². The third-order valence-corrected chi connectivity index (χ3v) is 3.97. The molecule has 1 N–H and O–H groups in total. The first-order chi connectivity index (χ1) is 9.83.